The van der Waals surface area contributed by atoms with Gasteiger partial charge in [0.2, 0.25) is 0 Å². The molecule has 0 unspecified atom stereocenters. The minimum atomic E-state index is -1.69. The van der Waals surface area contributed by atoms with Crippen LogP contribution < -0.4 is 0 Å². The van der Waals surface area contributed by atoms with Crippen LogP contribution in [0.2, 0.25) is 18.1 Å². The predicted molar refractivity (Wildman–Crippen MR) is 124 cm³/mol. The summed E-state index contributed by atoms with van der Waals surface area (Å²) in [5.74, 6) is 1.52. The number of hydrogen-bond acceptors (Lipinski definition) is 3. The Kier molecular flexibility index (Phi) is 12.6. The van der Waals surface area contributed by atoms with Gasteiger partial charge in [-0.1, -0.05) is 66.4 Å². The minimum absolute atomic E-state index is 0.211. The summed E-state index contributed by atoms with van der Waals surface area (Å²) in [6.07, 6.45) is 7.55. The topological polar surface area (TPSA) is 35.5 Å². The summed E-state index contributed by atoms with van der Waals surface area (Å²) in [5, 5.41) is 0.246. The highest BCUT2D eigenvalue weighted by atomic mass is 28.4. The maximum atomic E-state index is 11.9. The lowest BCUT2D eigenvalue weighted by Gasteiger charge is -2.36. The number of hydrogen-bond donors (Lipinski definition) is 0. The van der Waals surface area contributed by atoms with Crippen molar-refractivity contribution < 1.29 is 14.0 Å². The Bertz CT molecular complexity index is 475. The summed E-state index contributed by atoms with van der Waals surface area (Å²) in [6, 6.07) is 0. The fourth-order valence-corrected chi connectivity index (χ4v) is 4.42. The van der Waals surface area contributed by atoms with Crippen molar-refractivity contribution in [2.45, 2.75) is 106 Å². The van der Waals surface area contributed by atoms with Crippen molar-refractivity contribution in [3.05, 3.63) is 11.6 Å². The molecule has 2 atom stereocenters. The van der Waals surface area contributed by atoms with E-state index in [2.05, 4.69) is 61.6 Å². The van der Waals surface area contributed by atoms with E-state index in [1.165, 1.54) is 19.3 Å². The molecule has 0 N–H and O–H groups in total. The molecule has 0 aromatic heterocycles. The molecular formula is C24H48O3Si. The summed E-state index contributed by atoms with van der Waals surface area (Å²) >= 11 is 0. The van der Waals surface area contributed by atoms with Crippen LogP contribution in [0.25, 0.3) is 0 Å². The lowest BCUT2D eigenvalue weighted by molar-refractivity contribution is -0.137. The van der Waals surface area contributed by atoms with Gasteiger partial charge in [-0.25, -0.2) is 4.79 Å². The average molecular weight is 413 g/mol. The number of carbonyl (C=O) groups is 1. The number of allylic oxidation sites excluding steroid dienone is 1. The van der Waals surface area contributed by atoms with Crippen LogP contribution in [0.3, 0.4) is 0 Å². The quantitative estimate of drug-likeness (QED) is 0.137. The van der Waals surface area contributed by atoms with Crippen molar-refractivity contribution in [1.29, 1.82) is 0 Å². The Labute approximate surface area is 176 Å². The SMILES string of the molecule is CCOC(=O)/C=C(\C)[C@H](CCCO[Si](C)(C)C(C)(C)C)[C@H](C)CCCC(C)C. The van der Waals surface area contributed by atoms with Crippen LogP contribution in [-0.2, 0) is 14.0 Å². The normalized spacial score (nSPS) is 15.6. The summed E-state index contributed by atoms with van der Waals surface area (Å²) < 4.78 is 11.5. The first-order valence-electron chi connectivity index (χ1n) is 11.3. The van der Waals surface area contributed by atoms with E-state index in [0.29, 0.717) is 18.4 Å². The lowest BCUT2D eigenvalue weighted by atomic mass is 9.81. The largest absolute Gasteiger partial charge is 0.463 e. The molecule has 0 fully saturated rings. The molecule has 0 spiro atoms. The first kappa shape index (κ1) is 27.4. The van der Waals surface area contributed by atoms with Crippen LogP contribution in [0, 0.1) is 17.8 Å². The third kappa shape index (κ3) is 10.8. The van der Waals surface area contributed by atoms with E-state index in [1.54, 1.807) is 6.08 Å². The molecule has 0 aliphatic heterocycles. The molecule has 0 radical (unpaired) electrons. The standard InChI is InChI=1S/C24H48O3Si/c1-11-26-23(25)18-21(5)22(20(4)15-12-14-19(2)3)16-13-17-27-28(9,10)24(6,7)8/h18-20,22H,11-17H2,1-10H3/b21-18+/t20-,22-/m1/s1. The van der Waals surface area contributed by atoms with Gasteiger partial charge in [-0.15, -0.1) is 0 Å². The smallest absolute Gasteiger partial charge is 0.330 e. The Hall–Kier alpha value is -0.613. The van der Waals surface area contributed by atoms with E-state index in [-0.39, 0.29) is 11.0 Å². The van der Waals surface area contributed by atoms with Crippen LogP contribution in [0.15, 0.2) is 11.6 Å². The average Bonchev–Trinajstić information content (AvgIpc) is 2.53. The van der Waals surface area contributed by atoms with Crippen LogP contribution in [0.4, 0.5) is 0 Å². The number of carbonyl (C=O) groups excluding carboxylic acids is 1. The van der Waals surface area contributed by atoms with Gasteiger partial charge in [-0.2, -0.15) is 0 Å². The number of esters is 1. The predicted octanol–water partition coefficient (Wildman–Crippen LogP) is 7.38. The Morgan fingerprint density at radius 1 is 1.04 bits per heavy atom. The highest BCUT2D eigenvalue weighted by Crippen LogP contribution is 2.37. The molecule has 0 aliphatic rings. The summed E-state index contributed by atoms with van der Waals surface area (Å²) in [4.78, 5) is 11.9. The van der Waals surface area contributed by atoms with Crippen LogP contribution in [0.1, 0.15) is 87.5 Å². The monoisotopic (exact) mass is 412 g/mol. The molecule has 4 heteroatoms. The van der Waals surface area contributed by atoms with Crippen molar-refractivity contribution in [2.24, 2.45) is 17.8 Å². The van der Waals surface area contributed by atoms with Crippen LogP contribution in [0.5, 0.6) is 0 Å². The van der Waals surface area contributed by atoms with Crippen molar-refractivity contribution in [2.75, 3.05) is 13.2 Å². The summed E-state index contributed by atoms with van der Waals surface area (Å²) in [5.41, 5.74) is 1.16. The van der Waals surface area contributed by atoms with Crippen molar-refractivity contribution >= 4 is 14.3 Å². The van der Waals surface area contributed by atoms with Gasteiger partial charge in [-0.3, -0.25) is 0 Å². The first-order chi connectivity index (χ1) is 12.8. The van der Waals surface area contributed by atoms with E-state index in [0.717, 1.165) is 30.9 Å². The zero-order chi connectivity index (χ0) is 22.0. The van der Waals surface area contributed by atoms with E-state index in [9.17, 15) is 4.79 Å². The van der Waals surface area contributed by atoms with Gasteiger partial charge >= 0.3 is 5.97 Å². The third-order valence-corrected chi connectivity index (χ3v) is 10.8. The van der Waals surface area contributed by atoms with Crippen LogP contribution in [-0.4, -0.2) is 27.5 Å². The highest BCUT2D eigenvalue weighted by molar-refractivity contribution is 6.74. The van der Waals surface area contributed by atoms with Crippen molar-refractivity contribution in [3.8, 4) is 0 Å². The molecule has 3 nitrogen and oxygen atoms in total. The summed E-state index contributed by atoms with van der Waals surface area (Å²) in [6.45, 7) is 23.6. The van der Waals surface area contributed by atoms with Gasteiger partial charge in [-0.05, 0) is 62.6 Å². The Morgan fingerprint density at radius 3 is 2.14 bits per heavy atom. The van der Waals surface area contributed by atoms with Gasteiger partial charge in [0, 0.05) is 12.7 Å². The second-order valence-corrected chi connectivity index (χ2v) is 15.1. The maximum Gasteiger partial charge on any atom is 0.330 e. The molecular weight excluding hydrogens is 364 g/mol. The van der Waals surface area contributed by atoms with E-state index < -0.39 is 8.32 Å². The molecule has 0 saturated carbocycles. The molecule has 28 heavy (non-hydrogen) atoms. The fraction of sp³-hybridized carbons (Fsp3) is 0.875. The number of ether oxygens (including phenoxy) is 1. The molecule has 0 bridgehead atoms. The van der Waals surface area contributed by atoms with Crippen LogP contribution >= 0.6 is 0 Å². The third-order valence-electron chi connectivity index (χ3n) is 6.27. The highest BCUT2D eigenvalue weighted by Gasteiger charge is 2.36. The van der Waals surface area contributed by atoms with Gasteiger partial charge in [0.05, 0.1) is 6.61 Å². The molecule has 0 aromatic rings. The number of rotatable bonds is 13. The molecule has 0 saturated heterocycles. The van der Waals surface area contributed by atoms with Gasteiger partial charge in [0.25, 0.3) is 0 Å². The summed E-state index contributed by atoms with van der Waals surface area (Å²) in [7, 11) is -1.69. The van der Waals surface area contributed by atoms with E-state index >= 15 is 0 Å². The second-order valence-electron chi connectivity index (χ2n) is 10.3. The second kappa shape index (κ2) is 12.8. The van der Waals surface area contributed by atoms with Gasteiger partial charge < -0.3 is 9.16 Å². The zero-order valence-corrected chi connectivity index (χ0v) is 21.5. The Morgan fingerprint density at radius 2 is 1.64 bits per heavy atom. The maximum absolute atomic E-state index is 11.9. The molecule has 0 rings (SSSR count). The van der Waals surface area contributed by atoms with Gasteiger partial charge in [0.1, 0.15) is 0 Å². The zero-order valence-electron chi connectivity index (χ0n) is 20.5. The molecule has 0 heterocycles. The van der Waals surface area contributed by atoms with Gasteiger partial charge in [0.15, 0.2) is 8.32 Å². The Balaban J connectivity index is 4.91. The lowest BCUT2D eigenvalue weighted by Crippen LogP contribution is -2.41. The van der Waals surface area contributed by atoms with E-state index in [4.69, 9.17) is 9.16 Å². The molecule has 0 aliphatic carbocycles. The molecule has 0 amide bonds. The minimum Gasteiger partial charge on any atom is -0.463 e. The van der Waals surface area contributed by atoms with E-state index in [1.807, 2.05) is 6.92 Å². The first-order valence-corrected chi connectivity index (χ1v) is 14.2. The molecule has 166 valence electrons. The van der Waals surface area contributed by atoms with Crippen molar-refractivity contribution in [3.63, 3.8) is 0 Å². The molecule has 0 aromatic carbocycles. The van der Waals surface area contributed by atoms with Crippen molar-refractivity contribution in [1.82, 2.24) is 0 Å². The fourth-order valence-electron chi connectivity index (χ4n) is 3.33.